The first-order valence-corrected chi connectivity index (χ1v) is 9.90. The van der Waals surface area contributed by atoms with Crippen molar-refractivity contribution in [1.82, 2.24) is 10.0 Å². The number of hydrazine groups is 1. The second-order valence-corrected chi connectivity index (χ2v) is 7.54. The zero-order valence-corrected chi connectivity index (χ0v) is 17.0. The number of hydrogen-bond acceptors (Lipinski definition) is 5. The minimum absolute atomic E-state index is 0.0312. The zero-order chi connectivity index (χ0) is 21.7. The highest BCUT2D eigenvalue weighted by atomic mass is 16.6. The van der Waals surface area contributed by atoms with E-state index in [-0.39, 0.29) is 11.6 Å². The number of nitrogens with zero attached hydrogens (tertiary/aromatic N) is 2. The molecule has 1 aliphatic rings. The molecular weight excluding hydrogens is 384 g/mol. The van der Waals surface area contributed by atoms with Gasteiger partial charge in [0.15, 0.2) is 6.29 Å². The van der Waals surface area contributed by atoms with Crippen molar-refractivity contribution in [2.24, 2.45) is 5.92 Å². The Morgan fingerprint density at radius 1 is 1.07 bits per heavy atom. The van der Waals surface area contributed by atoms with E-state index >= 15 is 0 Å². The van der Waals surface area contributed by atoms with Crippen LogP contribution in [0.3, 0.4) is 0 Å². The van der Waals surface area contributed by atoms with Crippen molar-refractivity contribution in [3.8, 4) is 0 Å². The van der Waals surface area contributed by atoms with Crippen molar-refractivity contribution in [3.63, 3.8) is 0 Å². The molecule has 7 nitrogen and oxygen atoms in total. The van der Waals surface area contributed by atoms with Gasteiger partial charge in [-0.3, -0.25) is 0 Å². The summed E-state index contributed by atoms with van der Waals surface area (Å²) in [4.78, 5) is 23.9. The largest absolute Gasteiger partial charge is 0.464 e. The van der Waals surface area contributed by atoms with Crippen molar-refractivity contribution in [1.29, 1.82) is 0 Å². The summed E-state index contributed by atoms with van der Waals surface area (Å²) in [5.74, 6) is 1.39. The summed E-state index contributed by atoms with van der Waals surface area (Å²) in [5, 5.41) is 23.1. The minimum atomic E-state index is -1.32. The predicted molar refractivity (Wildman–Crippen MR) is 111 cm³/mol. The molecule has 1 saturated heterocycles. The first kappa shape index (κ1) is 21.7. The lowest BCUT2D eigenvalue weighted by atomic mass is 10.0. The number of ether oxygens (including phenoxy) is 1. The maximum atomic E-state index is 12.2. The van der Waals surface area contributed by atoms with E-state index in [1.165, 1.54) is 5.01 Å². The third kappa shape index (κ3) is 4.78. The number of amides is 1. The molecule has 0 aliphatic carbocycles. The SMILES string of the molecule is CC(C)C(=C=O)N(C(=O)O)N1C(Cc2ccccc2)OC(O)C1Cc1ccccc1. The number of aliphatic hydroxyl groups is 1. The Morgan fingerprint density at radius 2 is 1.60 bits per heavy atom. The molecule has 2 aromatic carbocycles. The number of rotatable bonds is 7. The van der Waals surface area contributed by atoms with E-state index in [9.17, 15) is 19.8 Å². The molecule has 30 heavy (non-hydrogen) atoms. The van der Waals surface area contributed by atoms with Gasteiger partial charge in [0, 0.05) is 12.3 Å². The van der Waals surface area contributed by atoms with Crippen LogP contribution in [0, 0.1) is 5.92 Å². The molecular formula is C23H26N2O5. The smallest absolute Gasteiger partial charge is 0.427 e. The number of carbonyl (C=O) groups excluding carboxylic acids is 1. The average molecular weight is 410 g/mol. The van der Waals surface area contributed by atoms with E-state index in [0.29, 0.717) is 12.8 Å². The topological polar surface area (TPSA) is 90.3 Å². The van der Waals surface area contributed by atoms with Crippen molar-refractivity contribution in [2.75, 3.05) is 0 Å². The molecule has 7 heteroatoms. The second kappa shape index (κ2) is 9.69. The van der Waals surface area contributed by atoms with Gasteiger partial charge >= 0.3 is 6.09 Å². The monoisotopic (exact) mass is 410 g/mol. The summed E-state index contributed by atoms with van der Waals surface area (Å²) in [6.45, 7) is 3.45. The highest BCUT2D eigenvalue weighted by Gasteiger charge is 2.47. The van der Waals surface area contributed by atoms with Gasteiger partial charge < -0.3 is 14.9 Å². The molecule has 1 fully saturated rings. The minimum Gasteiger partial charge on any atom is -0.464 e. The van der Waals surface area contributed by atoms with Gasteiger partial charge in [0.2, 0.25) is 0 Å². The number of aliphatic hydroxyl groups excluding tert-OH is 1. The predicted octanol–water partition coefficient (Wildman–Crippen LogP) is 3.08. The molecule has 1 amide bonds. The Hall–Kier alpha value is -2.96. The summed E-state index contributed by atoms with van der Waals surface area (Å²) in [6, 6.07) is 18.2. The van der Waals surface area contributed by atoms with Crippen LogP contribution in [0.1, 0.15) is 25.0 Å². The molecule has 0 saturated carbocycles. The fourth-order valence-corrected chi connectivity index (χ4v) is 3.67. The van der Waals surface area contributed by atoms with Gasteiger partial charge in [-0.2, -0.15) is 10.0 Å². The van der Waals surface area contributed by atoms with E-state index in [4.69, 9.17) is 4.74 Å². The van der Waals surface area contributed by atoms with Crippen LogP contribution in [0.15, 0.2) is 66.4 Å². The highest BCUT2D eigenvalue weighted by Crippen LogP contribution is 2.32. The molecule has 1 aliphatic heterocycles. The Balaban J connectivity index is 2.01. The van der Waals surface area contributed by atoms with Gasteiger partial charge in [0.25, 0.3) is 0 Å². The maximum absolute atomic E-state index is 12.2. The lowest BCUT2D eigenvalue weighted by Gasteiger charge is -2.37. The Bertz CT molecular complexity index is 896. The summed E-state index contributed by atoms with van der Waals surface area (Å²) < 4.78 is 5.80. The molecule has 2 N–H and O–H groups in total. The molecule has 3 atom stereocenters. The molecule has 2 aromatic rings. The average Bonchev–Trinajstić information content (AvgIpc) is 3.01. The van der Waals surface area contributed by atoms with Crippen LogP contribution >= 0.6 is 0 Å². The number of benzene rings is 2. The third-order valence-electron chi connectivity index (χ3n) is 5.09. The molecule has 158 valence electrons. The zero-order valence-electron chi connectivity index (χ0n) is 17.0. The van der Waals surface area contributed by atoms with Crippen molar-refractivity contribution >= 4 is 12.0 Å². The summed E-state index contributed by atoms with van der Waals surface area (Å²) in [6.07, 6.45) is -2.62. The van der Waals surface area contributed by atoms with Crippen LogP contribution in [0.2, 0.25) is 0 Å². The highest BCUT2D eigenvalue weighted by molar-refractivity contribution is 5.71. The lowest BCUT2D eigenvalue weighted by molar-refractivity contribution is -0.115. The first-order valence-electron chi connectivity index (χ1n) is 9.90. The quantitative estimate of drug-likeness (QED) is 0.682. The molecule has 0 bridgehead atoms. The number of hydrogen-bond donors (Lipinski definition) is 2. The van der Waals surface area contributed by atoms with Crippen LogP contribution in [0.4, 0.5) is 4.79 Å². The second-order valence-electron chi connectivity index (χ2n) is 7.54. The molecule has 3 unspecified atom stereocenters. The fourth-order valence-electron chi connectivity index (χ4n) is 3.67. The van der Waals surface area contributed by atoms with Crippen LogP contribution in [0.25, 0.3) is 0 Å². The normalized spacial score (nSPS) is 21.4. The Morgan fingerprint density at radius 3 is 2.07 bits per heavy atom. The van der Waals surface area contributed by atoms with Crippen molar-refractivity contribution in [2.45, 2.75) is 45.2 Å². The Labute approximate surface area is 175 Å². The van der Waals surface area contributed by atoms with E-state index in [2.05, 4.69) is 0 Å². The van der Waals surface area contributed by atoms with Gasteiger partial charge in [-0.25, -0.2) is 9.59 Å². The van der Waals surface area contributed by atoms with Crippen molar-refractivity contribution < 1.29 is 24.5 Å². The van der Waals surface area contributed by atoms with Crippen LogP contribution < -0.4 is 0 Å². The van der Waals surface area contributed by atoms with Gasteiger partial charge in [-0.1, -0.05) is 74.5 Å². The molecule has 3 rings (SSSR count). The van der Waals surface area contributed by atoms with Gasteiger partial charge in [-0.05, 0) is 17.5 Å². The standard InChI is InChI=1S/C23H26N2O5/c1-16(2)20(15-26)25(23(28)29)24-19(13-17-9-5-3-6-10-17)22(27)30-21(24)14-18-11-7-4-8-12-18/h3-12,16,19,21-22,27H,13-14H2,1-2H3,(H,28,29). The van der Waals surface area contributed by atoms with E-state index in [1.54, 1.807) is 19.8 Å². The molecule has 0 aromatic heterocycles. The summed E-state index contributed by atoms with van der Waals surface area (Å²) in [5.41, 5.74) is 1.81. The van der Waals surface area contributed by atoms with Crippen molar-refractivity contribution in [3.05, 3.63) is 77.5 Å². The summed E-state index contributed by atoms with van der Waals surface area (Å²) in [7, 11) is 0. The fraction of sp³-hybridized carbons (Fsp3) is 0.348. The maximum Gasteiger partial charge on any atom is 0.427 e. The van der Waals surface area contributed by atoms with Crippen LogP contribution in [0.5, 0.6) is 0 Å². The van der Waals surface area contributed by atoms with Crippen LogP contribution in [-0.4, -0.2) is 50.8 Å². The molecule has 1 heterocycles. The lowest BCUT2D eigenvalue weighted by Crippen LogP contribution is -2.54. The van der Waals surface area contributed by atoms with Crippen LogP contribution in [-0.2, 0) is 22.4 Å². The third-order valence-corrected chi connectivity index (χ3v) is 5.09. The number of carboxylic acid groups (broad SMARTS) is 1. The van der Waals surface area contributed by atoms with E-state index in [0.717, 1.165) is 16.1 Å². The number of allylic oxidation sites excluding steroid dienone is 1. The molecule has 0 radical (unpaired) electrons. The Kier molecular flexibility index (Phi) is 7.03. The van der Waals surface area contributed by atoms with Gasteiger partial charge in [-0.15, -0.1) is 0 Å². The van der Waals surface area contributed by atoms with E-state index in [1.807, 2.05) is 60.7 Å². The number of carbonyl (C=O) groups is 1. The first-order chi connectivity index (χ1) is 14.4. The molecule has 0 spiro atoms. The van der Waals surface area contributed by atoms with Gasteiger partial charge in [0.05, 0.1) is 6.04 Å². The summed E-state index contributed by atoms with van der Waals surface area (Å²) >= 11 is 0. The van der Waals surface area contributed by atoms with Gasteiger partial charge in [0.1, 0.15) is 17.9 Å². The van der Waals surface area contributed by atoms with E-state index < -0.39 is 24.7 Å².